The van der Waals surface area contributed by atoms with Gasteiger partial charge in [-0.05, 0) is 68.3 Å². The Labute approximate surface area is 224 Å². The number of aryl methyl sites for hydroxylation is 1. The molecule has 196 valence electrons. The molecule has 4 heterocycles. The Bertz CT molecular complexity index is 1610. The van der Waals surface area contributed by atoms with Gasteiger partial charge in [-0.3, -0.25) is 9.59 Å². The van der Waals surface area contributed by atoms with E-state index in [0.717, 1.165) is 32.8 Å². The van der Waals surface area contributed by atoms with Crippen molar-refractivity contribution in [1.29, 1.82) is 0 Å². The average molecular weight is 560 g/mol. The Kier molecular flexibility index (Phi) is 6.87. The van der Waals surface area contributed by atoms with Crippen LogP contribution in [-0.2, 0) is 17.4 Å². The Hall–Kier alpha value is -3.50. The van der Waals surface area contributed by atoms with Crippen molar-refractivity contribution in [2.45, 2.75) is 45.4 Å². The van der Waals surface area contributed by atoms with Crippen LogP contribution in [0.3, 0.4) is 0 Å². The number of hydrogen-bond donors (Lipinski definition) is 0. The highest BCUT2D eigenvalue weighted by molar-refractivity contribution is 7.17. The number of hydrogen-bond acceptors (Lipinski definition) is 6. The fourth-order valence-electron chi connectivity index (χ4n) is 4.41. The van der Waals surface area contributed by atoms with Gasteiger partial charge in [-0.15, -0.1) is 11.3 Å². The number of nitrogens with zero attached hydrogens (tertiary/aromatic N) is 3. The monoisotopic (exact) mass is 559 g/mol. The van der Waals surface area contributed by atoms with Gasteiger partial charge < -0.3 is 4.74 Å². The average Bonchev–Trinajstić information content (AvgIpc) is 3.57. The lowest BCUT2D eigenvalue weighted by Crippen LogP contribution is -2.14. The largest absolute Gasteiger partial charge is 0.488 e. The molecule has 0 spiro atoms. The minimum atomic E-state index is -4.58. The van der Waals surface area contributed by atoms with Crippen LogP contribution in [0, 0.1) is 6.92 Å². The summed E-state index contributed by atoms with van der Waals surface area (Å²) in [4.78, 5) is 29.8. The lowest BCUT2D eigenvalue weighted by molar-refractivity contribution is -0.142. The second-order valence-electron chi connectivity index (χ2n) is 9.01. The molecule has 0 N–H and O–H groups in total. The van der Waals surface area contributed by atoms with E-state index in [9.17, 15) is 22.8 Å². The standard InChI is InChI=1S/C27H21ClF3N3O3S/c1-14-20(26-32-10-9-24(27(29,30)31)34(26)33-14)6-4-18(36)3-5-19-12-17-11-16(13-21(28)25(17)37-19)23-8-7-22(38-23)15(2)35/h4,6-11,13,19H,3,5,12H2,1-2H3/b6-4+. The fourth-order valence-corrected chi connectivity index (χ4v) is 5.59. The molecule has 1 unspecified atom stereocenters. The van der Waals surface area contributed by atoms with Gasteiger partial charge in [0.2, 0.25) is 0 Å². The lowest BCUT2D eigenvalue weighted by atomic mass is 10.0. The third kappa shape index (κ3) is 5.10. The summed E-state index contributed by atoms with van der Waals surface area (Å²) in [6, 6.07) is 8.35. The first-order valence-corrected chi connectivity index (χ1v) is 12.9. The zero-order valence-electron chi connectivity index (χ0n) is 20.3. The van der Waals surface area contributed by atoms with Crippen LogP contribution >= 0.6 is 22.9 Å². The number of carbonyl (C=O) groups excluding carboxylic acids is 2. The Balaban J connectivity index is 1.25. The van der Waals surface area contributed by atoms with Crippen molar-refractivity contribution >= 4 is 46.2 Å². The van der Waals surface area contributed by atoms with Crippen molar-refractivity contribution in [3.05, 3.63) is 75.0 Å². The number of ketones is 2. The smallest absolute Gasteiger partial charge is 0.433 e. The zero-order valence-corrected chi connectivity index (χ0v) is 21.9. The summed E-state index contributed by atoms with van der Waals surface area (Å²) in [6.45, 7) is 3.09. The van der Waals surface area contributed by atoms with Gasteiger partial charge in [-0.2, -0.15) is 18.3 Å². The number of benzene rings is 1. The third-order valence-corrected chi connectivity index (χ3v) is 7.78. The molecule has 11 heteroatoms. The van der Waals surface area contributed by atoms with Crippen LogP contribution in [0.2, 0.25) is 5.02 Å². The summed E-state index contributed by atoms with van der Waals surface area (Å²) in [5.41, 5.74) is 1.62. The van der Waals surface area contributed by atoms with Crippen LogP contribution in [0.25, 0.3) is 22.2 Å². The van der Waals surface area contributed by atoms with Crippen LogP contribution in [0.5, 0.6) is 5.75 Å². The molecular formula is C27H21ClF3N3O3S. The van der Waals surface area contributed by atoms with Gasteiger partial charge in [0.25, 0.3) is 0 Å². The molecule has 0 radical (unpaired) electrons. The predicted molar refractivity (Wildman–Crippen MR) is 139 cm³/mol. The first-order valence-electron chi connectivity index (χ1n) is 11.7. The van der Waals surface area contributed by atoms with E-state index in [-0.39, 0.29) is 29.7 Å². The third-order valence-electron chi connectivity index (χ3n) is 6.27. The SMILES string of the molecule is CC(=O)c1ccc(-c2cc(Cl)c3c(c2)CC(CCC(=O)/C=C/c2c(C)nn4c(C(F)(F)F)ccnc24)O3)s1. The molecule has 38 heavy (non-hydrogen) atoms. The molecule has 6 nitrogen and oxygen atoms in total. The number of carbonyl (C=O) groups is 2. The van der Waals surface area contributed by atoms with Crippen molar-refractivity contribution < 1.29 is 27.5 Å². The summed E-state index contributed by atoms with van der Waals surface area (Å²) in [5, 5.41) is 4.43. The second kappa shape index (κ2) is 9.99. The maximum Gasteiger partial charge on any atom is 0.433 e. The van der Waals surface area contributed by atoms with E-state index in [1.165, 1.54) is 30.4 Å². The molecule has 0 bridgehead atoms. The number of rotatable bonds is 7. The molecule has 0 amide bonds. The first kappa shape index (κ1) is 26.1. The highest BCUT2D eigenvalue weighted by Crippen LogP contribution is 2.42. The van der Waals surface area contributed by atoms with E-state index in [0.29, 0.717) is 39.7 Å². The zero-order chi connectivity index (χ0) is 27.2. The molecule has 1 aliphatic rings. The van der Waals surface area contributed by atoms with Gasteiger partial charge in [0.05, 0.1) is 15.6 Å². The molecule has 5 rings (SSSR count). The van der Waals surface area contributed by atoms with E-state index in [2.05, 4.69) is 10.1 Å². The quantitative estimate of drug-likeness (QED) is 0.180. The number of halogens is 4. The second-order valence-corrected chi connectivity index (χ2v) is 10.5. The maximum absolute atomic E-state index is 13.3. The van der Waals surface area contributed by atoms with Crippen molar-refractivity contribution in [2.24, 2.45) is 0 Å². The van der Waals surface area contributed by atoms with E-state index in [4.69, 9.17) is 16.3 Å². The molecule has 1 aliphatic heterocycles. The topological polar surface area (TPSA) is 73.6 Å². The highest BCUT2D eigenvalue weighted by atomic mass is 35.5. The minimum Gasteiger partial charge on any atom is -0.488 e. The molecule has 0 saturated carbocycles. The number of alkyl halides is 3. The molecule has 4 aromatic rings. The normalized spacial score (nSPS) is 15.3. The van der Waals surface area contributed by atoms with Crippen LogP contribution in [0.4, 0.5) is 13.2 Å². The summed E-state index contributed by atoms with van der Waals surface area (Å²) < 4.78 is 46.6. The van der Waals surface area contributed by atoms with E-state index in [1.54, 1.807) is 13.0 Å². The molecule has 0 aliphatic carbocycles. The maximum atomic E-state index is 13.3. The van der Waals surface area contributed by atoms with Gasteiger partial charge in [0, 0.05) is 35.0 Å². The van der Waals surface area contributed by atoms with Crippen molar-refractivity contribution in [3.63, 3.8) is 0 Å². The van der Waals surface area contributed by atoms with Crippen LogP contribution in [-0.4, -0.2) is 32.3 Å². The van der Waals surface area contributed by atoms with Crippen molar-refractivity contribution in [1.82, 2.24) is 14.6 Å². The molecule has 1 atom stereocenters. The van der Waals surface area contributed by atoms with Gasteiger partial charge in [-0.25, -0.2) is 9.50 Å². The summed E-state index contributed by atoms with van der Waals surface area (Å²) in [6.07, 6.45) is 0.265. The predicted octanol–water partition coefficient (Wildman–Crippen LogP) is 7.01. The van der Waals surface area contributed by atoms with Gasteiger partial charge in [0.15, 0.2) is 17.2 Å². The molecule has 3 aromatic heterocycles. The number of ether oxygens (including phenoxy) is 1. The summed E-state index contributed by atoms with van der Waals surface area (Å²) in [5.74, 6) is 0.410. The van der Waals surface area contributed by atoms with Gasteiger partial charge in [-0.1, -0.05) is 11.6 Å². The first-order chi connectivity index (χ1) is 18.0. The van der Waals surface area contributed by atoms with Crippen LogP contribution < -0.4 is 4.74 Å². The Morgan fingerprint density at radius 1 is 1.26 bits per heavy atom. The molecule has 0 fully saturated rings. The molecular weight excluding hydrogens is 539 g/mol. The van der Waals surface area contributed by atoms with Crippen molar-refractivity contribution in [2.75, 3.05) is 0 Å². The lowest BCUT2D eigenvalue weighted by Gasteiger charge is -2.10. The Morgan fingerprint density at radius 3 is 2.76 bits per heavy atom. The van der Waals surface area contributed by atoms with Crippen LogP contribution in [0.15, 0.2) is 42.6 Å². The van der Waals surface area contributed by atoms with Crippen LogP contribution in [0.1, 0.15) is 52.0 Å². The van der Waals surface area contributed by atoms with Gasteiger partial charge in [0.1, 0.15) is 17.5 Å². The van der Waals surface area contributed by atoms with E-state index < -0.39 is 11.9 Å². The van der Waals surface area contributed by atoms with Gasteiger partial charge >= 0.3 is 6.18 Å². The number of allylic oxidation sites excluding steroid dienone is 1. The molecule has 1 aromatic carbocycles. The number of thiophene rings is 1. The Morgan fingerprint density at radius 2 is 2.05 bits per heavy atom. The molecule has 0 saturated heterocycles. The van der Waals surface area contributed by atoms with E-state index in [1.807, 2.05) is 18.2 Å². The van der Waals surface area contributed by atoms with E-state index >= 15 is 0 Å². The minimum absolute atomic E-state index is 0.00896. The number of aromatic nitrogens is 3. The highest BCUT2D eigenvalue weighted by Gasteiger charge is 2.34. The summed E-state index contributed by atoms with van der Waals surface area (Å²) >= 11 is 7.88. The summed E-state index contributed by atoms with van der Waals surface area (Å²) in [7, 11) is 0. The number of fused-ring (bicyclic) bond motifs is 2. The number of Topliss-reactive ketones (excluding diaryl/α,β-unsaturated/α-hetero) is 1. The fraction of sp³-hybridized carbons (Fsp3) is 0.259. The van der Waals surface area contributed by atoms with Crippen molar-refractivity contribution in [3.8, 4) is 16.2 Å².